The Kier molecular flexibility index (Phi) is 10.4. The number of sulfone groups is 3. The number of benzene rings is 3. The first kappa shape index (κ1) is 40.7. The van der Waals surface area contributed by atoms with Gasteiger partial charge in [-0.3, -0.25) is 0 Å². The van der Waals surface area contributed by atoms with E-state index in [1.54, 1.807) is 39.0 Å². The van der Waals surface area contributed by atoms with Crippen LogP contribution in [0.5, 0.6) is 17.2 Å². The fourth-order valence-corrected chi connectivity index (χ4v) is 18.0. The van der Waals surface area contributed by atoms with Gasteiger partial charge in [0.25, 0.3) is 0 Å². The van der Waals surface area contributed by atoms with E-state index in [4.69, 9.17) is 0 Å². The third-order valence-electron chi connectivity index (χ3n) is 10.1. The molecule has 1 fully saturated rings. The van der Waals surface area contributed by atoms with Gasteiger partial charge >= 0.3 is 0 Å². The summed E-state index contributed by atoms with van der Waals surface area (Å²) in [6.45, 7) is 21.7. The predicted molar refractivity (Wildman–Crippen MR) is 204 cm³/mol. The van der Waals surface area contributed by atoms with Crippen molar-refractivity contribution in [3.63, 3.8) is 0 Å². The van der Waals surface area contributed by atoms with Gasteiger partial charge in [-0.15, -0.1) is 0 Å². The van der Waals surface area contributed by atoms with Gasteiger partial charge in [-0.25, -0.2) is 25.3 Å². The van der Waals surface area contributed by atoms with Crippen LogP contribution in [0.25, 0.3) is 0 Å². The van der Waals surface area contributed by atoms with E-state index in [-0.39, 0.29) is 17.2 Å². The Bertz CT molecular complexity index is 1920. The summed E-state index contributed by atoms with van der Waals surface area (Å²) in [5.41, 5.74) is 2.35. The van der Waals surface area contributed by atoms with Crippen LogP contribution in [0.4, 0.5) is 0 Å². The summed E-state index contributed by atoms with van der Waals surface area (Å²) in [5, 5.41) is 32.2. The smallest absolute Gasteiger partial charge is 0.185 e. The van der Waals surface area contributed by atoms with Crippen molar-refractivity contribution in [1.29, 1.82) is 0 Å². The Hall–Kier alpha value is -3.09. The topological polar surface area (TPSA) is 163 Å². The lowest BCUT2D eigenvalue weighted by molar-refractivity contribution is 0.445. The molecule has 0 unspecified atom stereocenters. The van der Waals surface area contributed by atoms with Gasteiger partial charge in [0.2, 0.25) is 0 Å². The molecule has 0 radical (unpaired) electrons. The van der Waals surface area contributed by atoms with Crippen molar-refractivity contribution in [2.75, 3.05) is 0 Å². The highest BCUT2D eigenvalue weighted by molar-refractivity contribution is 8.25. The van der Waals surface area contributed by atoms with Crippen molar-refractivity contribution >= 4 is 29.5 Å². The zero-order valence-corrected chi connectivity index (χ0v) is 34.3. The van der Waals surface area contributed by atoms with Gasteiger partial charge < -0.3 is 15.3 Å². The summed E-state index contributed by atoms with van der Waals surface area (Å²) in [5.74, 6) is -0.0240. The molecule has 3 aromatic rings. The molecule has 0 saturated carbocycles. The molecule has 0 atom stereocenters. The molecule has 1 aliphatic rings. The third-order valence-corrected chi connectivity index (χ3v) is 20.4. The molecule has 51 heavy (non-hydrogen) atoms. The van der Waals surface area contributed by atoms with Crippen LogP contribution in [0.3, 0.4) is 0 Å². The molecule has 1 aliphatic heterocycles. The Balaban J connectivity index is 2.00. The molecule has 3 aromatic carbocycles. The van der Waals surface area contributed by atoms with Gasteiger partial charge in [0.05, 0.1) is 0 Å². The Morgan fingerprint density at radius 1 is 0.431 bits per heavy atom. The largest absolute Gasteiger partial charge is 0.508 e. The van der Waals surface area contributed by atoms with Crippen LogP contribution in [-0.2, 0) is 65.0 Å². The average molecular weight is 763 g/mol. The number of phenolic OH excluding ortho intramolecular Hbond substituents is 3. The van der Waals surface area contributed by atoms with Crippen molar-refractivity contribution < 1.29 is 40.6 Å². The first-order chi connectivity index (χ1) is 22.9. The van der Waals surface area contributed by atoms with Crippen molar-refractivity contribution in [3.8, 4) is 17.2 Å². The highest BCUT2D eigenvalue weighted by Crippen LogP contribution is 2.43. The SMILES string of the molecule is Cc1cc(O)c(C(C)(C)C)cc1CC1S(=O)(=O)C(Cc2cc(C(C)(C)C)c(O)cc2C)S(=O)(=O)C(Cc2cc(C(C)(C)C)c(O)cc2C)S1(=O)=O. The zero-order valence-electron chi connectivity index (χ0n) is 31.8. The second kappa shape index (κ2) is 13.1. The fraction of sp³-hybridized carbons (Fsp3) is 0.538. The van der Waals surface area contributed by atoms with Crippen LogP contribution >= 0.6 is 0 Å². The lowest BCUT2D eigenvalue weighted by Gasteiger charge is -2.36. The Labute approximate surface area is 304 Å². The molecule has 3 N–H and O–H groups in total. The number of hydrogen-bond acceptors (Lipinski definition) is 9. The maximum absolute atomic E-state index is 14.7. The quantitative estimate of drug-likeness (QED) is 0.243. The van der Waals surface area contributed by atoms with Crippen molar-refractivity contribution in [3.05, 3.63) is 86.5 Å². The number of rotatable bonds is 6. The van der Waals surface area contributed by atoms with E-state index in [0.717, 1.165) is 0 Å². The summed E-state index contributed by atoms with van der Waals surface area (Å²) in [7, 11) is -14.8. The van der Waals surface area contributed by atoms with Crippen molar-refractivity contribution in [2.45, 2.75) is 132 Å². The van der Waals surface area contributed by atoms with Gasteiger partial charge in [-0.05, 0) is 105 Å². The molecule has 4 rings (SSSR count). The van der Waals surface area contributed by atoms with E-state index in [1.165, 1.54) is 18.2 Å². The minimum absolute atomic E-state index is 0.00800. The maximum atomic E-state index is 14.7. The number of aromatic hydroxyl groups is 3. The van der Waals surface area contributed by atoms with E-state index in [0.29, 0.717) is 50.1 Å². The summed E-state index contributed by atoms with van der Waals surface area (Å²) < 4.78 is 81.8. The minimum Gasteiger partial charge on any atom is -0.508 e. The van der Waals surface area contributed by atoms with Crippen LogP contribution in [-0.4, -0.2) is 54.3 Å². The molecule has 0 aromatic heterocycles. The van der Waals surface area contributed by atoms with Crippen LogP contribution < -0.4 is 0 Å². The lowest BCUT2D eigenvalue weighted by atomic mass is 9.84. The highest BCUT2D eigenvalue weighted by Gasteiger charge is 2.61. The van der Waals surface area contributed by atoms with E-state index in [1.807, 2.05) is 62.3 Å². The molecular weight excluding hydrogens is 709 g/mol. The molecular formula is C39H54O9S3. The molecule has 1 saturated heterocycles. The summed E-state index contributed by atoms with van der Waals surface area (Å²) in [4.78, 5) is 0. The van der Waals surface area contributed by atoms with Crippen LogP contribution in [0.15, 0.2) is 36.4 Å². The molecule has 1 heterocycles. The predicted octanol–water partition coefficient (Wildman–Crippen LogP) is 6.89. The van der Waals surface area contributed by atoms with Crippen molar-refractivity contribution in [1.82, 2.24) is 0 Å². The van der Waals surface area contributed by atoms with Gasteiger partial charge in [0.15, 0.2) is 43.3 Å². The number of phenols is 3. The van der Waals surface area contributed by atoms with Gasteiger partial charge in [0, 0.05) is 19.3 Å². The summed E-state index contributed by atoms with van der Waals surface area (Å²) >= 11 is 0. The van der Waals surface area contributed by atoms with E-state index in [9.17, 15) is 40.6 Å². The molecule has 0 amide bonds. The summed E-state index contributed by atoms with van der Waals surface area (Å²) in [6.07, 6.45) is -1.52. The van der Waals surface area contributed by atoms with Gasteiger partial charge in [-0.2, -0.15) is 0 Å². The molecule has 9 nitrogen and oxygen atoms in total. The highest BCUT2D eigenvalue weighted by atomic mass is 32.3. The Morgan fingerprint density at radius 3 is 0.804 bits per heavy atom. The maximum Gasteiger partial charge on any atom is 0.185 e. The average Bonchev–Trinajstić information content (AvgIpc) is 2.92. The molecule has 0 spiro atoms. The van der Waals surface area contributed by atoms with E-state index < -0.39 is 78.8 Å². The van der Waals surface area contributed by atoms with Crippen LogP contribution in [0, 0.1) is 20.8 Å². The van der Waals surface area contributed by atoms with Gasteiger partial charge in [-0.1, -0.05) is 80.5 Å². The molecule has 282 valence electrons. The molecule has 12 heteroatoms. The minimum atomic E-state index is -4.94. The summed E-state index contributed by atoms with van der Waals surface area (Å²) in [6, 6.07) is 9.27. The normalized spacial score (nSPS) is 21.8. The number of aryl methyl sites for hydroxylation is 3. The Morgan fingerprint density at radius 2 is 0.627 bits per heavy atom. The van der Waals surface area contributed by atoms with Crippen LogP contribution in [0.2, 0.25) is 0 Å². The van der Waals surface area contributed by atoms with Crippen molar-refractivity contribution in [2.24, 2.45) is 0 Å². The van der Waals surface area contributed by atoms with E-state index in [2.05, 4.69) is 0 Å². The van der Waals surface area contributed by atoms with E-state index >= 15 is 0 Å². The third kappa shape index (κ3) is 7.69. The fourth-order valence-electron chi connectivity index (χ4n) is 6.98. The standard InChI is InChI=1S/C39H54O9S3/c1-22-13-31(40)28(37(4,5)6)16-25(22)19-34-49(43,44)35(20-26-17-29(38(7,8)9)32(41)14-23(26)2)51(47,48)36(50(34,45)46)21-27-18-30(39(10,11)12)33(42)15-24(27)3/h13-18,34-36,40-42H,19-21H2,1-12H3. The van der Waals surface area contributed by atoms with Gasteiger partial charge in [0.1, 0.15) is 17.2 Å². The van der Waals surface area contributed by atoms with Crippen LogP contribution in [0.1, 0.15) is 112 Å². The molecule has 0 aliphatic carbocycles. The zero-order chi connectivity index (χ0) is 39.0. The number of hydrogen-bond donors (Lipinski definition) is 3. The second-order valence-corrected chi connectivity index (χ2v) is 25.1. The lowest BCUT2D eigenvalue weighted by Crippen LogP contribution is -2.57. The molecule has 0 bridgehead atoms. The first-order valence-corrected chi connectivity index (χ1v) is 21.9. The first-order valence-electron chi connectivity index (χ1n) is 17.1. The monoisotopic (exact) mass is 762 g/mol. The second-order valence-electron chi connectivity index (χ2n) is 17.3.